The zero-order chi connectivity index (χ0) is 18.8. The SMILES string of the molecule is C[C@@H](OC(=O)/C=C/c1ccc2c(c1)OCO2)C(=O)c1c[nH]c2ccccc12. The number of esters is 1. The molecule has 27 heavy (non-hydrogen) atoms. The first kappa shape index (κ1) is 16.9. The predicted octanol–water partition coefficient (Wildman–Crippen LogP) is 3.72. The van der Waals surface area contributed by atoms with Crippen molar-refractivity contribution in [2.24, 2.45) is 0 Å². The number of carbonyl (C=O) groups is 2. The highest BCUT2D eigenvalue weighted by atomic mass is 16.7. The Labute approximate surface area is 155 Å². The van der Waals surface area contributed by atoms with Crippen molar-refractivity contribution >= 4 is 28.7 Å². The number of carbonyl (C=O) groups excluding carboxylic acids is 2. The Morgan fingerprint density at radius 1 is 1.15 bits per heavy atom. The van der Waals surface area contributed by atoms with Gasteiger partial charge in [0.1, 0.15) is 0 Å². The molecule has 1 aliphatic heterocycles. The second-order valence-corrected chi connectivity index (χ2v) is 6.14. The van der Waals surface area contributed by atoms with E-state index in [1.807, 2.05) is 24.3 Å². The maximum Gasteiger partial charge on any atom is 0.331 e. The van der Waals surface area contributed by atoms with Gasteiger partial charge in [0.05, 0.1) is 0 Å². The van der Waals surface area contributed by atoms with Crippen LogP contribution >= 0.6 is 0 Å². The van der Waals surface area contributed by atoms with Gasteiger partial charge in [-0.25, -0.2) is 4.79 Å². The Bertz CT molecular complexity index is 1050. The molecule has 1 atom stereocenters. The second kappa shape index (κ2) is 6.99. The molecular weight excluding hydrogens is 346 g/mol. The van der Waals surface area contributed by atoms with E-state index in [0.717, 1.165) is 16.5 Å². The van der Waals surface area contributed by atoms with Crippen LogP contribution in [0.4, 0.5) is 0 Å². The number of nitrogens with one attached hydrogen (secondary N) is 1. The van der Waals surface area contributed by atoms with Crippen LogP contribution in [-0.2, 0) is 9.53 Å². The molecule has 0 unspecified atom stereocenters. The van der Waals surface area contributed by atoms with Crippen LogP contribution in [0.1, 0.15) is 22.8 Å². The summed E-state index contributed by atoms with van der Waals surface area (Å²) in [5, 5.41) is 0.807. The third-order valence-corrected chi connectivity index (χ3v) is 4.33. The monoisotopic (exact) mass is 363 g/mol. The number of H-pyrrole nitrogens is 1. The van der Waals surface area contributed by atoms with Crippen molar-refractivity contribution in [3.05, 3.63) is 65.9 Å². The van der Waals surface area contributed by atoms with E-state index in [-0.39, 0.29) is 12.6 Å². The van der Waals surface area contributed by atoms with Crippen LogP contribution in [0.3, 0.4) is 0 Å². The molecule has 0 amide bonds. The molecule has 2 heterocycles. The highest BCUT2D eigenvalue weighted by molar-refractivity contribution is 6.10. The topological polar surface area (TPSA) is 77.6 Å². The second-order valence-electron chi connectivity index (χ2n) is 6.14. The summed E-state index contributed by atoms with van der Waals surface area (Å²) in [6.07, 6.45) is 3.64. The van der Waals surface area contributed by atoms with Gasteiger partial charge >= 0.3 is 5.97 Å². The number of benzene rings is 2. The lowest BCUT2D eigenvalue weighted by atomic mass is 10.1. The van der Waals surface area contributed by atoms with Crippen molar-refractivity contribution in [3.63, 3.8) is 0 Å². The molecule has 0 saturated heterocycles. The fraction of sp³-hybridized carbons (Fsp3) is 0.143. The number of aromatic nitrogens is 1. The molecule has 0 fully saturated rings. The zero-order valence-corrected chi connectivity index (χ0v) is 14.6. The molecule has 0 bridgehead atoms. The molecule has 3 aromatic rings. The number of aromatic amines is 1. The van der Waals surface area contributed by atoms with Crippen LogP contribution in [0.25, 0.3) is 17.0 Å². The van der Waals surface area contributed by atoms with Crippen LogP contribution in [-0.4, -0.2) is 29.6 Å². The maximum absolute atomic E-state index is 12.6. The Kier molecular flexibility index (Phi) is 4.38. The Morgan fingerprint density at radius 3 is 2.85 bits per heavy atom. The molecule has 1 aliphatic rings. The quantitative estimate of drug-likeness (QED) is 0.425. The van der Waals surface area contributed by atoms with Gasteiger partial charge in [0.15, 0.2) is 17.6 Å². The molecule has 0 spiro atoms. The van der Waals surface area contributed by atoms with Crippen molar-refractivity contribution in [2.45, 2.75) is 13.0 Å². The summed E-state index contributed by atoms with van der Waals surface area (Å²) in [7, 11) is 0. The van der Waals surface area contributed by atoms with Crippen molar-refractivity contribution in [3.8, 4) is 11.5 Å². The van der Waals surface area contributed by atoms with Crippen LogP contribution in [0.2, 0.25) is 0 Å². The molecule has 0 aliphatic carbocycles. The summed E-state index contributed by atoms with van der Waals surface area (Å²) < 4.78 is 15.8. The molecule has 6 nitrogen and oxygen atoms in total. The molecule has 6 heteroatoms. The Hall–Kier alpha value is -3.54. The molecule has 1 N–H and O–H groups in total. The lowest BCUT2D eigenvalue weighted by molar-refractivity contribution is -0.140. The highest BCUT2D eigenvalue weighted by Gasteiger charge is 2.21. The van der Waals surface area contributed by atoms with Gasteiger partial charge in [0.25, 0.3) is 0 Å². The first-order valence-corrected chi connectivity index (χ1v) is 8.50. The molecule has 1 aromatic heterocycles. The lowest BCUT2D eigenvalue weighted by Gasteiger charge is -2.10. The lowest BCUT2D eigenvalue weighted by Crippen LogP contribution is -2.23. The van der Waals surface area contributed by atoms with Gasteiger partial charge in [0, 0.05) is 28.7 Å². The van der Waals surface area contributed by atoms with E-state index < -0.39 is 12.1 Å². The fourth-order valence-electron chi connectivity index (χ4n) is 2.94. The first-order chi connectivity index (χ1) is 13.1. The van der Waals surface area contributed by atoms with E-state index in [1.165, 1.54) is 6.08 Å². The molecule has 4 rings (SSSR count). The van der Waals surface area contributed by atoms with Gasteiger partial charge < -0.3 is 19.2 Å². The van der Waals surface area contributed by atoms with Crippen molar-refractivity contribution in [1.82, 2.24) is 4.98 Å². The van der Waals surface area contributed by atoms with Crippen LogP contribution in [0.15, 0.2) is 54.7 Å². The van der Waals surface area contributed by atoms with Crippen molar-refractivity contribution in [2.75, 3.05) is 6.79 Å². The third-order valence-electron chi connectivity index (χ3n) is 4.33. The van der Waals surface area contributed by atoms with Crippen LogP contribution in [0.5, 0.6) is 11.5 Å². The van der Waals surface area contributed by atoms with Crippen molar-refractivity contribution < 1.29 is 23.8 Å². The maximum atomic E-state index is 12.6. The molecule has 2 aromatic carbocycles. The number of ketones is 1. The minimum atomic E-state index is -0.891. The normalized spacial score (nSPS) is 13.8. The molecule has 0 saturated carbocycles. The van der Waals surface area contributed by atoms with Crippen LogP contribution < -0.4 is 9.47 Å². The van der Waals surface area contributed by atoms with E-state index in [2.05, 4.69) is 4.98 Å². The summed E-state index contributed by atoms with van der Waals surface area (Å²) in [5.74, 6) is 0.465. The number of ether oxygens (including phenoxy) is 3. The average molecular weight is 363 g/mol. The van der Waals surface area contributed by atoms with E-state index in [1.54, 1.807) is 37.4 Å². The van der Waals surface area contributed by atoms with Gasteiger partial charge in [0.2, 0.25) is 12.6 Å². The van der Waals surface area contributed by atoms with E-state index in [9.17, 15) is 9.59 Å². The standard InChI is InChI=1S/C21H17NO5/c1-13(21(24)16-11-22-17-5-3-2-4-15(16)17)27-20(23)9-7-14-6-8-18-19(10-14)26-12-25-18/h2-11,13,22H,12H2,1H3/b9-7+/t13-/m1/s1. The number of hydrogen-bond donors (Lipinski definition) is 1. The van der Waals surface area contributed by atoms with Crippen molar-refractivity contribution in [1.29, 1.82) is 0 Å². The van der Waals surface area contributed by atoms with E-state index >= 15 is 0 Å². The van der Waals surface area contributed by atoms with Gasteiger partial charge in [-0.15, -0.1) is 0 Å². The average Bonchev–Trinajstić information content (AvgIpc) is 3.32. The Morgan fingerprint density at radius 2 is 1.96 bits per heavy atom. The van der Waals surface area contributed by atoms with Gasteiger partial charge in [-0.05, 0) is 36.8 Å². The Balaban J connectivity index is 1.42. The summed E-state index contributed by atoms with van der Waals surface area (Å²) >= 11 is 0. The van der Waals surface area contributed by atoms with Gasteiger partial charge in [-0.3, -0.25) is 4.79 Å². The molecule has 0 radical (unpaired) electrons. The third kappa shape index (κ3) is 3.42. The highest BCUT2D eigenvalue weighted by Crippen LogP contribution is 2.32. The first-order valence-electron chi connectivity index (χ1n) is 8.50. The summed E-state index contributed by atoms with van der Waals surface area (Å²) in [5.41, 5.74) is 2.14. The van der Waals surface area contributed by atoms with E-state index in [0.29, 0.717) is 17.1 Å². The van der Waals surface area contributed by atoms with Gasteiger partial charge in [-0.1, -0.05) is 24.3 Å². The number of para-hydroxylation sites is 1. The van der Waals surface area contributed by atoms with Crippen LogP contribution in [0, 0.1) is 0 Å². The minimum absolute atomic E-state index is 0.192. The summed E-state index contributed by atoms with van der Waals surface area (Å²) in [4.78, 5) is 27.7. The largest absolute Gasteiger partial charge is 0.454 e. The summed E-state index contributed by atoms with van der Waals surface area (Å²) in [6.45, 7) is 1.76. The fourth-order valence-corrected chi connectivity index (χ4v) is 2.94. The van der Waals surface area contributed by atoms with Gasteiger partial charge in [-0.2, -0.15) is 0 Å². The number of fused-ring (bicyclic) bond motifs is 2. The smallest absolute Gasteiger partial charge is 0.331 e. The number of hydrogen-bond acceptors (Lipinski definition) is 5. The summed E-state index contributed by atoms with van der Waals surface area (Å²) in [6, 6.07) is 12.8. The van der Waals surface area contributed by atoms with E-state index in [4.69, 9.17) is 14.2 Å². The number of Topliss-reactive ketones (excluding diaryl/α,β-unsaturated/α-hetero) is 1. The molecule has 136 valence electrons. The zero-order valence-electron chi connectivity index (χ0n) is 14.6. The number of rotatable bonds is 5. The molecular formula is C21H17NO5. The predicted molar refractivity (Wildman–Crippen MR) is 99.8 cm³/mol. The minimum Gasteiger partial charge on any atom is -0.454 e.